The molecule has 0 bridgehead atoms. The van der Waals surface area contributed by atoms with Gasteiger partial charge in [-0.05, 0) is 25.0 Å². The number of allylic oxidation sites excluding steroid dienone is 2. The van der Waals surface area contributed by atoms with E-state index in [0.29, 0.717) is 16.8 Å². The molecule has 0 radical (unpaired) electrons. The number of amides is 1. The number of fused-ring (bicyclic) bond motifs is 4. The van der Waals surface area contributed by atoms with Gasteiger partial charge in [0.15, 0.2) is 0 Å². The highest BCUT2D eigenvalue weighted by Gasteiger charge is 2.64. The van der Waals surface area contributed by atoms with Crippen LogP contribution < -0.4 is 4.90 Å². The molecule has 1 spiro atoms. The van der Waals surface area contributed by atoms with Crippen molar-refractivity contribution in [2.45, 2.75) is 24.9 Å². The van der Waals surface area contributed by atoms with Crippen molar-refractivity contribution in [3.05, 3.63) is 39.6 Å². The summed E-state index contributed by atoms with van der Waals surface area (Å²) in [6.45, 7) is 0.126. The Morgan fingerprint density at radius 3 is 2.85 bits per heavy atom. The van der Waals surface area contributed by atoms with E-state index in [1.54, 1.807) is 4.90 Å². The van der Waals surface area contributed by atoms with Gasteiger partial charge in [0.25, 0.3) is 5.91 Å². The van der Waals surface area contributed by atoms with Crippen LogP contribution in [0, 0.1) is 46.8 Å². The molecule has 3 atom stereocenters. The first-order valence-corrected chi connectivity index (χ1v) is 9.17. The van der Waals surface area contributed by atoms with Crippen LogP contribution in [0.4, 0.5) is 5.69 Å². The van der Waals surface area contributed by atoms with Crippen molar-refractivity contribution in [1.82, 2.24) is 0 Å². The Morgan fingerprint density at radius 1 is 1.35 bits per heavy atom. The SMILES string of the molecule is C#CCN1C(=O)C2(OC(C#N)=C(C#N)C3CCCC32)c2c(Br)cccc21. The first-order valence-electron chi connectivity index (χ1n) is 8.38. The van der Waals surface area contributed by atoms with E-state index in [1.165, 1.54) is 0 Å². The summed E-state index contributed by atoms with van der Waals surface area (Å²) in [5, 5.41) is 19.1. The fourth-order valence-corrected chi connectivity index (χ4v) is 5.33. The van der Waals surface area contributed by atoms with E-state index < -0.39 is 5.60 Å². The summed E-state index contributed by atoms with van der Waals surface area (Å²) < 4.78 is 6.85. The van der Waals surface area contributed by atoms with Crippen molar-refractivity contribution in [3.8, 4) is 24.5 Å². The van der Waals surface area contributed by atoms with Crippen molar-refractivity contribution < 1.29 is 9.53 Å². The highest BCUT2D eigenvalue weighted by Crippen LogP contribution is 2.60. The van der Waals surface area contributed by atoms with Crippen molar-refractivity contribution >= 4 is 27.5 Å². The summed E-state index contributed by atoms with van der Waals surface area (Å²) in [5.74, 6) is 1.89. The average molecular weight is 408 g/mol. The van der Waals surface area contributed by atoms with Crippen LogP contribution in [0.3, 0.4) is 0 Å². The van der Waals surface area contributed by atoms with Gasteiger partial charge in [0.05, 0.1) is 23.9 Å². The van der Waals surface area contributed by atoms with E-state index in [2.05, 4.69) is 27.9 Å². The number of terminal acetylenes is 1. The molecule has 128 valence electrons. The van der Waals surface area contributed by atoms with Gasteiger partial charge in [-0.2, -0.15) is 10.5 Å². The van der Waals surface area contributed by atoms with Crippen molar-refractivity contribution in [2.75, 3.05) is 11.4 Å². The zero-order chi connectivity index (χ0) is 18.5. The topological polar surface area (TPSA) is 77.1 Å². The molecule has 3 unspecified atom stereocenters. The third kappa shape index (κ3) is 1.93. The number of halogens is 1. The predicted octanol–water partition coefficient (Wildman–Crippen LogP) is 3.37. The number of hydrogen-bond donors (Lipinski definition) is 0. The highest BCUT2D eigenvalue weighted by molar-refractivity contribution is 9.10. The standard InChI is InChI=1S/C20H14BrN3O2/c1-2-9-24-16-8-4-7-15(21)18(16)20(19(24)25)14-6-3-5-12(14)13(10-22)17(11-23)26-20/h1,4,7-8,12,14H,3,5-6,9H2. The van der Waals surface area contributed by atoms with Crippen molar-refractivity contribution in [3.63, 3.8) is 0 Å². The highest BCUT2D eigenvalue weighted by atomic mass is 79.9. The molecular weight excluding hydrogens is 394 g/mol. The molecule has 5 nitrogen and oxygen atoms in total. The molecule has 1 fully saturated rings. The van der Waals surface area contributed by atoms with Gasteiger partial charge in [0.1, 0.15) is 6.07 Å². The largest absolute Gasteiger partial charge is 0.461 e. The third-order valence-electron chi connectivity index (χ3n) is 5.60. The Labute approximate surface area is 160 Å². The van der Waals surface area contributed by atoms with Crippen LogP contribution in [0.5, 0.6) is 0 Å². The lowest BCUT2D eigenvalue weighted by atomic mass is 9.71. The molecule has 1 aromatic carbocycles. The number of anilines is 1. The van der Waals surface area contributed by atoms with Gasteiger partial charge in [0, 0.05) is 21.9 Å². The Bertz CT molecular complexity index is 978. The number of rotatable bonds is 1. The van der Waals surface area contributed by atoms with Gasteiger partial charge in [-0.15, -0.1) is 6.42 Å². The maximum absolute atomic E-state index is 13.6. The van der Waals surface area contributed by atoms with E-state index in [4.69, 9.17) is 11.2 Å². The third-order valence-corrected chi connectivity index (χ3v) is 6.27. The van der Waals surface area contributed by atoms with E-state index in [1.807, 2.05) is 24.3 Å². The minimum atomic E-state index is -1.31. The first kappa shape index (κ1) is 16.7. The first-order chi connectivity index (χ1) is 12.6. The summed E-state index contributed by atoms with van der Waals surface area (Å²) in [6, 6.07) is 9.67. The molecule has 0 saturated heterocycles. The average Bonchev–Trinajstić information content (AvgIpc) is 3.21. The van der Waals surface area contributed by atoms with Gasteiger partial charge >= 0.3 is 0 Å². The number of benzene rings is 1. The monoisotopic (exact) mass is 407 g/mol. The normalized spacial score (nSPS) is 28.8. The Morgan fingerprint density at radius 2 is 2.15 bits per heavy atom. The van der Waals surface area contributed by atoms with Crippen LogP contribution in [-0.2, 0) is 15.1 Å². The van der Waals surface area contributed by atoms with Crippen LogP contribution in [0.25, 0.3) is 0 Å². The fourth-order valence-electron chi connectivity index (χ4n) is 4.68. The minimum Gasteiger partial charge on any atom is -0.461 e. The molecule has 1 saturated carbocycles. The van der Waals surface area contributed by atoms with Crippen molar-refractivity contribution in [1.29, 1.82) is 10.5 Å². The zero-order valence-corrected chi connectivity index (χ0v) is 15.4. The number of nitriles is 2. The Kier molecular flexibility index (Phi) is 3.79. The van der Waals surface area contributed by atoms with E-state index in [0.717, 1.165) is 23.7 Å². The van der Waals surface area contributed by atoms with Gasteiger partial charge in [0.2, 0.25) is 11.4 Å². The van der Waals surface area contributed by atoms with E-state index >= 15 is 0 Å². The fraction of sp³-hybridized carbons (Fsp3) is 0.350. The van der Waals surface area contributed by atoms with Gasteiger partial charge in [-0.25, -0.2) is 0 Å². The molecule has 1 aromatic rings. The lowest BCUT2D eigenvalue weighted by molar-refractivity contribution is -0.149. The molecule has 2 aliphatic heterocycles. The van der Waals surface area contributed by atoms with E-state index in [-0.39, 0.29) is 30.0 Å². The van der Waals surface area contributed by atoms with Gasteiger partial charge < -0.3 is 4.74 Å². The summed E-state index contributed by atoms with van der Waals surface area (Å²) >= 11 is 3.56. The number of ether oxygens (including phenoxy) is 1. The molecular formula is C20H14BrN3O2. The Hall–Kier alpha value is -2.75. The lowest BCUT2D eigenvalue weighted by Crippen LogP contribution is -2.51. The molecule has 26 heavy (non-hydrogen) atoms. The molecule has 0 N–H and O–H groups in total. The number of carbonyl (C=O) groups excluding carboxylic acids is 1. The number of hydrogen-bond acceptors (Lipinski definition) is 4. The zero-order valence-electron chi connectivity index (χ0n) is 13.8. The summed E-state index contributed by atoms with van der Waals surface area (Å²) in [6.07, 6.45) is 7.89. The summed E-state index contributed by atoms with van der Waals surface area (Å²) in [4.78, 5) is 15.1. The molecule has 3 aliphatic rings. The van der Waals surface area contributed by atoms with E-state index in [9.17, 15) is 15.3 Å². The smallest absolute Gasteiger partial charge is 0.277 e. The lowest BCUT2D eigenvalue weighted by Gasteiger charge is -2.41. The van der Waals surface area contributed by atoms with Crippen LogP contribution in [0.1, 0.15) is 24.8 Å². The quantitative estimate of drug-likeness (QED) is 0.668. The molecule has 1 amide bonds. The Balaban J connectivity index is 2.02. The number of nitrogens with zero attached hydrogens (tertiary/aromatic N) is 3. The van der Waals surface area contributed by atoms with Gasteiger partial charge in [-0.1, -0.05) is 34.3 Å². The van der Waals surface area contributed by atoms with Crippen molar-refractivity contribution in [2.24, 2.45) is 11.8 Å². The molecule has 1 aliphatic carbocycles. The van der Waals surface area contributed by atoms with Crippen LogP contribution in [0.15, 0.2) is 34.0 Å². The number of carbonyl (C=O) groups is 1. The predicted molar refractivity (Wildman–Crippen MR) is 97.2 cm³/mol. The maximum atomic E-state index is 13.6. The minimum absolute atomic E-state index is 0.0479. The summed E-state index contributed by atoms with van der Waals surface area (Å²) in [7, 11) is 0. The maximum Gasteiger partial charge on any atom is 0.277 e. The van der Waals surface area contributed by atoms with Crippen LogP contribution >= 0.6 is 15.9 Å². The molecule has 6 heteroatoms. The molecule has 0 aromatic heterocycles. The second-order valence-corrected chi connectivity index (χ2v) is 7.53. The molecule has 4 rings (SSSR count). The van der Waals surface area contributed by atoms with Crippen LogP contribution in [0.2, 0.25) is 0 Å². The summed E-state index contributed by atoms with van der Waals surface area (Å²) in [5.41, 5.74) is 0.462. The molecule has 2 heterocycles. The van der Waals surface area contributed by atoms with Crippen LogP contribution in [-0.4, -0.2) is 12.5 Å². The van der Waals surface area contributed by atoms with Gasteiger partial charge in [-0.3, -0.25) is 9.69 Å². The second kappa shape index (κ2) is 5.90. The second-order valence-electron chi connectivity index (χ2n) is 6.68.